The predicted octanol–water partition coefficient (Wildman–Crippen LogP) is 3.20. The van der Waals surface area contributed by atoms with Crippen LogP contribution < -0.4 is 5.32 Å². The highest BCUT2D eigenvalue weighted by molar-refractivity contribution is 5.37. The van der Waals surface area contributed by atoms with Gasteiger partial charge in [-0.05, 0) is 73.7 Å². The van der Waals surface area contributed by atoms with Gasteiger partial charge in [-0.2, -0.15) is 0 Å². The monoisotopic (exact) mass is 284 g/mol. The maximum absolute atomic E-state index is 3.48. The molecule has 1 heterocycles. The highest BCUT2D eigenvalue weighted by atomic mass is 15.1. The number of hydrogen-bond acceptors (Lipinski definition) is 2. The maximum Gasteiger partial charge on any atom is 0.0233 e. The molecule has 0 amide bonds. The van der Waals surface area contributed by atoms with E-state index in [0.29, 0.717) is 0 Å². The first-order valence-corrected chi connectivity index (χ1v) is 8.78. The van der Waals surface area contributed by atoms with Gasteiger partial charge < -0.3 is 10.2 Å². The van der Waals surface area contributed by atoms with Crippen molar-refractivity contribution in [1.29, 1.82) is 0 Å². The molecule has 2 saturated carbocycles. The molecule has 0 aromatic heterocycles. The largest absolute Gasteiger partial charge is 0.312 e. The van der Waals surface area contributed by atoms with Gasteiger partial charge in [-0.3, -0.25) is 0 Å². The van der Waals surface area contributed by atoms with Crippen LogP contribution in [0.3, 0.4) is 0 Å². The van der Waals surface area contributed by atoms with Gasteiger partial charge in [-0.15, -0.1) is 0 Å². The fourth-order valence-electron chi connectivity index (χ4n) is 5.11. The van der Waals surface area contributed by atoms with Crippen molar-refractivity contribution in [1.82, 2.24) is 10.2 Å². The molecular formula is C19H28N2. The first-order valence-electron chi connectivity index (χ1n) is 8.78. The minimum absolute atomic E-state index is 0.981. The molecule has 21 heavy (non-hydrogen) atoms. The Labute approximate surface area is 128 Å². The van der Waals surface area contributed by atoms with E-state index in [1.807, 2.05) is 0 Å². The molecule has 3 unspecified atom stereocenters. The zero-order valence-corrected chi connectivity index (χ0v) is 13.3. The van der Waals surface area contributed by atoms with Crippen LogP contribution in [0.15, 0.2) is 18.2 Å². The van der Waals surface area contributed by atoms with Crippen molar-refractivity contribution in [3.8, 4) is 0 Å². The number of nitrogens with one attached hydrogen (secondary N) is 1. The topological polar surface area (TPSA) is 15.3 Å². The predicted molar refractivity (Wildman–Crippen MR) is 87.1 cm³/mol. The summed E-state index contributed by atoms with van der Waals surface area (Å²) in [6, 6.07) is 6.88. The molecule has 1 N–H and O–H groups in total. The standard InChI is InChI=1S/C19H28N2/c1-21(13-18-10-14-5-6-15(18)9-14)12-17-4-2-3-16-11-20-8-7-19(16)17/h2-4,14-15,18,20H,5-13H2,1H3. The summed E-state index contributed by atoms with van der Waals surface area (Å²) in [6.45, 7) is 4.64. The fraction of sp³-hybridized carbons (Fsp3) is 0.684. The molecule has 1 aliphatic heterocycles. The first kappa shape index (κ1) is 13.8. The average molecular weight is 284 g/mol. The SMILES string of the molecule is CN(Cc1cccc2c1CCNC2)CC1CC2CCC1C2. The number of hydrogen-bond donors (Lipinski definition) is 1. The minimum atomic E-state index is 0.981. The van der Waals surface area contributed by atoms with E-state index in [9.17, 15) is 0 Å². The molecule has 2 bridgehead atoms. The third-order valence-electron chi connectivity index (χ3n) is 6.11. The lowest BCUT2D eigenvalue weighted by molar-refractivity contribution is 0.214. The van der Waals surface area contributed by atoms with Gasteiger partial charge in [-0.1, -0.05) is 24.6 Å². The quantitative estimate of drug-likeness (QED) is 0.913. The van der Waals surface area contributed by atoms with Gasteiger partial charge in [0.1, 0.15) is 0 Å². The Morgan fingerprint density at radius 1 is 1.24 bits per heavy atom. The van der Waals surface area contributed by atoms with Crippen molar-refractivity contribution in [3.63, 3.8) is 0 Å². The summed E-state index contributed by atoms with van der Waals surface area (Å²) in [5.41, 5.74) is 4.71. The molecule has 4 rings (SSSR count). The second-order valence-corrected chi connectivity index (χ2v) is 7.61. The lowest BCUT2D eigenvalue weighted by Gasteiger charge is -2.28. The molecule has 0 radical (unpaired) electrons. The van der Waals surface area contributed by atoms with E-state index in [2.05, 4.69) is 35.5 Å². The molecule has 2 fully saturated rings. The van der Waals surface area contributed by atoms with E-state index in [1.54, 1.807) is 11.1 Å². The van der Waals surface area contributed by atoms with Crippen LogP contribution in [0.25, 0.3) is 0 Å². The summed E-state index contributed by atoms with van der Waals surface area (Å²) >= 11 is 0. The second-order valence-electron chi connectivity index (χ2n) is 7.61. The molecule has 0 saturated heterocycles. The summed E-state index contributed by atoms with van der Waals surface area (Å²) in [6.07, 6.45) is 7.27. The molecular weight excluding hydrogens is 256 g/mol. The Kier molecular flexibility index (Phi) is 3.76. The molecule has 2 nitrogen and oxygen atoms in total. The van der Waals surface area contributed by atoms with E-state index in [4.69, 9.17) is 0 Å². The molecule has 1 aromatic rings. The Hall–Kier alpha value is -0.860. The van der Waals surface area contributed by atoms with Gasteiger partial charge in [0.05, 0.1) is 0 Å². The van der Waals surface area contributed by atoms with Crippen LogP contribution in [-0.4, -0.2) is 25.0 Å². The van der Waals surface area contributed by atoms with Crippen LogP contribution >= 0.6 is 0 Å². The number of fused-ring (bicyclic) bond motifs is 3. The van der Waals surface area contributed by atoms with Crippen LogP contribution in [0.1, 0.15) is 42.4 Å². The third-order valence-corrected chi connectivity index (χ3v) is 6.11. The van der Waals surface area contributed by atoms with Crippen molar-refractivity contribution in [2.45, 2.75) is 45.2 Å². The second kappa shape index (κ2) is 5.73. The molecule has 0 spiro atoms. The van der Waals surface area contributed by atoms with Crippen LogP contribution in [0.5, 0.6) is 0 Å². The smallest absolute Gasteiger partial charge is 0.0233 e. The van der Waals surface area contributed by atoms with E-state index in [0.717, 1.165) is 37.4 Å². The van der Waals surface area contributed by atoms with E-state index >= 15 is 0 Å². The van der Waals surface area contributed by atoms with Crippen LogP contribution in [0, 0.1) is 17.8 Å². The summed E-state index contributed by atoms with van der Waals surface area (Å²) in [5, 5.41) is 3.48. The number of nitrogens with zero attached hydrogens (tertiary/aromatic N) is 1. The van der Waals surface area contributed by atoms with Gasteiger partial charge in [0.15, 0.2) is 0 Å². The van der Waals surface area contributed by atoms with Gasteiger partial charge >= 0.3 is 0 Å². The Balaban J connectivity index is 1.41. The highest BCUT2D eigenvalue weighted by Crippen LogP contribution is 2.48. The molecule has 2 aliphatic carbocycles. The van der Waals surface area contributed by atoms with Crippen LogP contribution in [0.2, 0.25) is 0 Å². The highest BCUT2D eigenvalue weighted by Gasteiger charge is 2.39. The zero-order chi connectivity index (χ0) is 14.2. The molecule has 1 aromatic carbocycles. The van der Waals surface area contributed by atoms with Crippen molar-refractivity contribution in [2.75, 3.05) is 20.1 Å². The van der Waals surface area contributed by atoms with Crippen molar-refractivity contribution in [2.24, 2.45) is 17.8 Å². The van der Waals surface area contributed by atoms with Crippen molar-refractivity contribution in [3.05, 3.63) is 34.9 Å². The van der Waals surface area contributed by atoms with Crippen LogP contribution in [-0.2, 0) is 19.5 Å². The molecule has 3 aliphatic rings. The molecule has 3 atom stereocenters. The van der Waals surface area contributed by atoms with E-state index in [1.165, 1.54) is 44.2 Å². The lowest BCUT2D eigenvalue weighted by atomic mass is 9.88. The average Bonchev–Trinajstić information content (AvgIpc) is 3.10. The molecule has 114 valence electrons. The van der Waals surface area contributed by atoms with Crippen molar-refractivity contribution < 1.29 is 0 Å². The minimum Gasteiger partial charge on any atom is -0.312 e. The fourth-order valence-corrected chi connectivity index (χ4v) is 5.11. The summed E-state index contributed by atoms with van der Waals surface area (Å²) in [7, 11) is 2.33. The summed E-state index contributed by atoms with van der Waals surface area (Å²) < 4.78 is 0. The maximum atomic E-state index is 3.48. The van der Waals surface area contributed by atoms with E-state index < -0.39 is 0 Å². The van der Waals surface area contributed by atoms with Crippen LogP contribution in [0.4, 0.5) is 0 Å². The summed E-state index contributed by atoms with van der Waals surface area (Å²) in [5.74, 6) is 3.10. The lowest BCUT2D eigenvalue weighted by Crippen LogP contribution is -2.30. The zero-order valence-electron chi connectivity index (χ0n) is 13.3. The van der Waals surface area contributed by atoms with Crippen molar-refractivity contribution >= 4 is 0 Å². The van der Waals surface area contributed by atoms with Gasteiger partial charge in [0.2, 0.25) is 0 Å². The van der Waals surface area contributed by atoms with Gasteiger partial charge in [0.25, 0.3) is 0 Å². The first-order chi connectivity index (χ1) is 10.3. The Bertz CT molecular complexity index is 510. The van der Waals surface area contributed by atoms with Gasteiger partial charge in [-0.25, -0.2) is 0 Å². The van der Waals surface area contributed by atoms with E-state index in [-0.39, 0.29) is 0 Å². The Morgan fingerprint density at radius 2 is 2.19 bits per heavy atom. The summed E-state index contributed by atoms with van der Waals surface area (Å²) in [4.78, 5) is 2.59. The number of rotatable bonds is 4. The normalized spacial score (nSPS) is 30.9. The third kappa shape index (κ3) is 2.76. The molecule has 2 heteroatoms. The van der Waals surface area contributed by atoms with Gasteiger partial charge in [0, 0.05) is 19.6 Å². The number of benzene rings is 1. The Morgan fingerprint density at radius 3 is 3.00 bits per heavy atom.